The number of nitrogens with one attached hydrogen (secondary N) is 1. The van der Waals surface area contributed by atoms with Crippen molar-refractivity contribution in [3.8, 4) is 5.75 Å². The van der Waals surface area contributed by atoms with E-state index in [9.17, 15) is 9.59 Å². The summed E-state index contributed by atoms with van der Waals surface area (Å²) in [5.74, 6) is 0.295. The summed E-state index contributed by atoms with van der Waals surface area (Å²) in [6.45, 7) is 6.75. The maximum atomic E-state index is 12.3. The lowest BCUT2D eigenvalue weighted by atomic mass is 10.0. The van der Waals surface area contributed by atoms with Gasteiger partial charge in [0.15, 0.2) is 0 Å². The molecule has 23 heavy (non-hydrogen) atoms. The Hall–Kier alpha value is -2.04. The summed E-state index contributed by atoms with van der Waals surface area (Å²) in [5, 5.41) is 2.73. The van der Waals surface area contributed by atoms with Gasteiger partial charge in [0.1, 0.15) is 11.8 Å². The zero-order valence-electron chi connectivity index (χ0n) is 14.4. The van der Waals surface area contributed by atoms with Gasteiger partial charge in [-0.2, -0.15) is 0 Å². The van der Waals surface area contributed by atoms with Gasteiger partial charge in [0.05, 0.1) is 13.7 Å². The predicted octanol–water partition coefficient (Wildman–Crippen LogP) is 3.18. The first kappa shape index (κ1) is 19.0. The van der Waals surface area contributed by atoms with E-state index in [0.717, 1.165) is 18.6 Å². The van der Waals surface area contributed by atoms with Crippen LogP contribution in [-0.4, -0.2) is 31.6 Å². The lowest BCUT2D eigenvalue weighted by Gasteiger charge is -2.18. The van der Waals surface area contributed by atoms with Crippen LogP contribution < -0.4 is 10.1 Å². The molecule has 0 aliphatic carbocycles. The van der Waals surface area contributed by atoms with Crippen LogP contribution in [0.5, 0.6) is 5.75 Å². The van der Waals surface area contributed by atoms with Gasteiger partial charge < -0.3 is 14.8 Å². The van der Waals surface area contributed by atoms with Gasteiger partial charge in [-0.05, 0) is 43.0 Å². The van der Waals surface area contributed by atoms with Crippen molar-refractivity contribution in [1.29, 1.82) is 0 Å². The van der Waals surface area contributed by atoms with Gasteiger partial charge in [0.2, 0.25) is 0 Å². The fraction of sp³-hybridized carbons (Fsp3) is 0.556. The average molecular weight is 321 g/mol. The number of rotatable bonds is 9. The molecular formula is C18H27NO4. The highest BCUT2D eigenvalue weighted by atomic mass is 16.5. The fourth-order valence-corrected chi connectivity index (χ4v) is 2.11. The smallest absolute Gasteiger partial charge is 0.328 e. The predicted molar refractivity (Wildman–Crippen MR) is 89.6 cm³/mol. The first-order valence-electron chi connectivity index (χ1n) is 8.09. The molecule has 5 nitrogen and oxygen atoms in total. The van der Waals surface area contributed by atoms with Crippen LogP contribution in [0.2, 0.25) is 0 Å². The molecule has 128 valence electrons. The Balaban J connectivity index is 2.66. The van der Waals surface area contributed by atoms with E-state index in [1.807, 2.05) is 13.8 Å². The Morgan fingerprint density at radius 2 is 1.83 bits per heavy atom. The molecule has 5 heteroatoms. The Morgan fingerprint density at radius 3 is 2.35 bits per heavy atom. The molecule has 1 amide bonds. The number of carbonyl (C=O) groups excluding carboxylic acids is 2. The van der Waals surface area contributed by atoms with E-state index in [4.69, 9.17) is 9.47 Å². The maximum absolute atomic E-state index is 12.3. The number of benzene rings is 1. The number of carbonyl (C=O) groups is 2. The summed E-state index contributed by atoms with van der Waals surface area (Å²) in [6.07, 6.45) is 2.61. The van der Waals surface area contributed by atoms with Gasteiger partial charge in [-0.3, -0.25) is 4.79 Å². The van der Waals surface area contributed by atoms with Crippen LogP contribution in [0, 0.1) is 5.92 Å². The summed E-state index contributed by atoms with van der Waals surface area (Å²) >= 11 is 0. The quantitative estimate of drug-likeness (QED) is 0.560. The summed E-state index contributed by atoms with van der Waals surface area (Å²) in [4.78, 5) is 24.0. The van der Waals surface area contributed by atoms with Crippen LogP contribution in [0.25, 0.3) is 0 Å². The first-order valence-corrected chi connectivity index (χ1v) is 8.09. The molecule has 0 aliphatic rings. The Morgan fingerprint density at radius 1 is 1.17 bits per heavy atom. The Kier molecular flexibility index (Phi) is 8.16. The van der Waals surface area contributed by atoms with E-state index in [2.05, 4.69) is 12.2 Å². The van der Waals surface area contributed by atoms with Crippen LogP contribution in [0.4, 0.5) is 0 Å². The monoisotopic (exact) mass is 321 g/mol. The third kappa shape index (κ3) is 6.72. The molecule has 1 aromatic carbocycles. The zero-order valence-corrected chi connectivity index (χ0v) is 14.4. The second-order valence-electron chi connectivity index (χ2n) is 5.91. The number of amides is 1. The lowest BCUT2D eigenvalue weighted by molar-refractivity contribution is -0.143. The normalized spacial score (nSPS) is 11.9. The third-order valence-electron chi connectivity index (χ3n) is 3.38. The van der Waals surface area contributed by atoms with E-state index in [-0.39, 0.29) is 11.8 Å². The van der Waals surface area contributed by atoms with Crippen molar-refractivity contribution in [2.45, 2.75) is 46.1 Å². The SMILES string of the molecule is CCCCOc1ccc(C(=O)NC(CC(C)C)C(=O)OC)cc1. The average Bonchev–Trinajstić information content (AvgIpc) is 2.53. The van der Waals surface area contributed by atoms with Gasteiger partial charge in [0, 0.05) is 5.56 Å². The number of unbranched alkanes of at least 4 members (excludes halogenated alkanes) is 1. The van der Waals surface area contributed by atoms with Gasteiger partial charge in [-0.25, -0.2) is 4.79 Å². The van der Waals surface area contributed by atoms with E-state index in [1.165, 1.54) is 7.11 Å². The molecule has 0 radical (unpaired) electrons. The highest BCUT2D eigenvalue weighted by Gasteiger charge is 2.23. The van der Waals surface area contributed by atoms with E-state index in [0.29, 0.717) is 18.6 Å². The zero-order chi connectivity index (χ0) is 17.2. The van der Waals surface area contributed by atoms with Crippen LogP contribution in [0.15, 0.2) is 24.3 Å². The van der Waals surface area contributed by atoms with Gasteiger partial charge in [-0.15, -0.1) is 0 Å². The van der Waals surface area contributed by atoms with Crippen molar-refractivity contribution < 1.29 is 19.1 Å². The van der Waals surface area contributed by atoms with Gasteiger partial charge >= 0.3 is 5.97 Å². The van der Waals surface area contributed by atoms with Crippen molar-refractivity contribution >= 4 is 11.9 Å². The number of ether oxygens (including phenoxy) is 2. The minimum Gasteiger partial charge on any atom is -0.494 e. The second-order valence-corrected chi connectivity index (χ2v) is 5.91. The molecule has 1 rings (SSSR count). The molecule has 0 bridgehead atoms. The molecule has 1 N–H and O–H groups in total. The minimum atomic E-state index is -0.631. The van der Waals surface area contributed by atoms with Gasteiger partial charge in [0.25, 0.3) is 5.91 Å². The first-order chi connectivity index (χ1) is 11.0. The Labute approximate surface area is 138 Å². The third-order valence-corrected chi connectivity index (χ3v) is 3.38. The largest absolute Gasteiger partial charge is 0.494 e. The second kappa shape index (κ2) is 9.87. The van der Waals surface area contributed by atoms with E-state index >= 15 is 0 Å². The highest BCUT2D eigenvalue weighted by molar-refractivity contribution is 5.96. The highest BCUT2D eigenvalue weighted by Crippen LogP contribution is 2.14. The fourth-order valence-electron chi connectivity index (χ4n) is 2.11. The topological polar surface area (TPSA) is 64.6 Å². The minimum absolute atomic E-state index is 0.272. The van der Waals surface area contributed by atoms with Crippen molar-refractivity contribution in [2.24, 2.45) is 5.92 Å². The standard InChI is InChI=1S/C18H27NO4/c1-5-6-11-23-15-9-7-14(8-10-15)17(20)19-16(12-13(2)3)18(21)22-4/h7-10,13,16H,5-6,11-12H2,1-4H3,(H,19,20). The molecule has 0 heterocycles. The number of hydrogen-bond acceptors (Lipinski definition) is 4. The molecule has 0 aromatic heterocycles. The number of esters is 1. The van der Waals surface area contributed by atoms with Crippen molar-refractivity contribution in [3.63, 3.8) is 0 Å². The van der Waals surface area contributed by atoms with E-state index < -0.39 is 12.0 Å². The van der Waals surface area contributed by atoms with Crippen molar-refractivity contribution in [3.05, 3.63) is 29.8 Å². The van der Waals surface area contributed by atoms with E-state index in [1.54, 1.807) is 24.3 Å². The molecule has 0 saturated heterocycles. The molecule has 0 aliphatic heterocycles. The summed E-state index contributed by atoms with van der Waals surface area (Å²) < 4.78 is 10.3. The molecule has 0 spiro atoms. The van der Waals surface area contributed by atoms with Crippen LogP contribution in [-0.2, 0) is 9.53 Å². The van der Waals surface area contributed by atoms with Gasteiger partial charge in [-0.1, -0.05) is 27.2 Å². The number of methoxy groups -OCH3 is 1. The van der Waals surface area contributed by atoms with Crippen molar-refractivity contribution in [2.75, 3.05) is 13.7 Å². The molecular weight excluding hydrogens is 294 g/mol. The van der Waals surface area contributed by atoms with Crippen LogP contribution >= 0.6 is 0 Å². The van der Waals surface area contributed by atoms with Crippen LogP contribution in [0.3, 0.4) is 0 Å². The summed E-state index contributed by atoms with van der Waals surface area (Å²) in [5.41, 5.74) is 0.491. The summed E-state index contributed by atoms with van der Waals surface area (Å²) in [7, 11) is 1.32. The summed E-state index contributed by atoms with van der Waals surface area (Å²) in [6, 6.07) is 6.29. The maximum Gasteiger partial charge on any atom is 0.328 e. The molecule has 1 aromatic rings. The Bertz CT molecular complexity index is 496. The molecule has 1 unspecified atom stereocenters. The number of hydrogen-bond donors (Lipinski definition) is 1. The molecule has 0 fully saturated rings. The van der Waals surface area contributed by atoms with Crippen LogP contribution in [0.1, 0.15) is 50.4 Å². The van der Waals surface area contributed by atoms with Crippen molar-refractivity contribution in [1.82, 2.24) is 5.32 Å². The molecule has 1 atom stereocenters. The lowest BCUT2D eigenvalue weighted by Crippen LogP contribution is -2.42. The molecule has 0 saturated carbocycles.